The molecular weight excluding hydrogens is 256 g/mol. The van der Waals surface area contributed by atoms with E-state index in [-0.39, 0.29) is 11.5 Å². The molecule has 0 aliphatic heterocycles. The van der Waals surface area contributed by atoms with E-state index in [2.05, 4.69) is 0 Å². The van der Waals surface area contributed by atoms with Crippen molar-refractivity contribution >= 4 is 27.8 Å². The highest BCUT2D eigenvalue weighted by atomic mass is 32.1. The molecule has 0 saturated heterocycles. The number of Topliss-reactive ketones (excluding diaryl/α,β-unsaturated/α-hetero) is 1. The predicted molar refractivity (Wildman–Crippen MR) is 70.5 cm³/mol. The topological polar surface area (TPSA) is 83.7 Å². The zero-order valence-electron chi connectivity index (χ0n) is 10.5. The maximum Gasteiger partial charge on any atom is 0.304 e. The van der Waals surface area contributed by atoms with E-state index in [1.165, 1.54) is 13.0 Å². The smallest absolute Gasteiger partial charge is 0.304 e. The molecule has 0 aliphatic rings. The average molecular weight is 272 g/mol. The quantitative estimate of drug-likeness (QED) is 0.487. The third kappa shape index (κ3) is 3.51. The van der Waals surface area contributed by atoms with Crippen molar-refractivity contribution in [1.82, 2.24) is 0 Å². The first-order valence-electron chi connectivity index (χ1n) is 5.51. The van der Waals surface area contributed by atoms with Gasteiger partial charge < -0.3 is 10.0 Å². The molecule has 0 saturated carbocycles. The normalized spacial score (nSPS) is 12.2. The lowest BCUT2D eigenvalue weighted by atomic mass is 10.3. The fraction of sp³-hybridized carbons (Fsp3) is 0.545. The van der Waals surface area contributed by atoms with Gasteiger partial charge in [-0.15, -0.1) is 11.3 Å². The molecule has 1 atom stereocenters. The SMILES string of the molecule is CC(=O)c1cc([N+](=O)[O-])c(N(C)CCC(C)O)s1. The number of rotatable bonds is 6. The van der Waals surface area contributed by atoms with Crippen molar-refractivity contribution < 1.29 is 14.8 Å². The van der Waals surface area contributed by atoms with Crippen molar-refractivity contribution in [2.45, 2.75) is 26.4 Å². The Balaban J connectivity index is 2.98. The second kappa shape index (κ2) is 5.92. The number of hydrogen-bond acceptors (Lipinski definition) is 6. The summed E-state index contributed by atoms with van der Waals surface area (Å²) in [4.78, 5) is 23.8. The van der Waals surface area contributed by atoms with Gasteiger partial charge in [-0.3, -0.25) is 14.9 Å². The molecule has 6 nitrogen and oxygen atoms in total. The second-order valence-corrected chi connectivity index (χ2v) is 5.20. The molecule has 0 spiro atoms. The van der Waals surface area contributed by atoms with E-state index in [1.54, 1.807) is 18.9 Å². The minimum atomic E-state index is -0.489. The summed E-state index contributed by atoms with van der Waals surface area (Å²) in [6.07, 6.45) is 0.0553. The molecule has 1 N–H and O–H groups in total. The van der Waals surface area contributed by atoms with Gasteiger partial charge in [0, 0.05) is 19.7 Å². The molecular formula is C11H16N2O4S. The Bertz CT molecular complexity index is 456. The van der Waals surface area contributed by atoms with Crippen LogP contribution in [0.3, 0.4) is 0 Å². The minimum absolute atomic E-state index is 0.0571. The highest BCUT2D eigenvalue weighted by Gasteiger charge is 2.23. The van der Waals surface area contributed by atoms with Crippen molar-refractivity contribution in [3.63, 3.8) is 0 Å². The van der Waals surface area contributed by atoms with Gasteiger partial charge in [0.25, 0.3) is 0 Å². The predicted octanol–water partition coefficient (Wildman–Crippen LogP) is 2.07. The fourth-order valence-corrected chi connectivity index (χ4v) is 2.44. The number of aliphatic hydroxyl groups is 1. The number of carbonyl (C=O) groups is 1. The molecule has 0 amide bonds. The molecule has 1 rings (SSSR count). The minimum Gasteiger partial charge on any atom is -0.393 e. The number of carbonyl (C=O) groups excluding carboxylic acids is 1. The van der Waals surface area contributed by atoms with E-state index in [0.29, 0.717) is 22.8 Å². The molecule has 7 heteroatoms. The molecule has 0 aromatic carbocycles. The van der Waals surface area contributed by atoms with Gasteiger partial charge in [-0.05, 0) is 20.3 Å². The standard InChI is InChI=1S/C11H16N2O4S/c1-7(14)4-5-12(3)11-9(13(16)17)6-10(18-11)8(2)15/h6-7,14H,4-5H2,1-3H3. The highest BCUT2D eigenvalue weighted by Crippen LogP contribution is 2.37. The molecule has 0 radical (unpaired) electrons. The zero-order valence-corrected chi connectivity index (χ0v) is 11.4. The molecule has 1 aromatic rings. The monoisotopic (exact) mass is 272 g/mol. The van der Waals surface area contributed by atoms with Crippen LogP contribution in [-0.4, -0.2) is 35.5 Å². The first-order valence-corrected chi connectivity index (χ1v) is 6.33. The molecule has 100 valence electrons. The zero-order chi connectivity index (χ0) is 13.9. The van der Waals surface area contributed by atoms with Crippen LogP contribution in [0, 0.1) is 10.1 Å². The van der Waals surface area contributed by atoms with Crippen LogP contribution in [0.2, 0.25) is 0 Å². The van der Waals surface area contributed by atoms with Crippen LogP contribution < -0.4 is 4.90 Å². The number of thiophene rings is 1. The maximum atomic E-state index is 11.3. The number of anilines is 1. The van der Waals surface area contributed by atoms with Crippen molar-refractivity contribution in [2.75, 3.05) is 18.5 Å². The van der Waals surface area contributed by atoms with E-state index in [4.69, 9.17) is 0 Å². The Kier molecular flexibility index (Phi) is 4.80. The lowest BCUT2D eigenvalue weighted by molar-refractivity contribution is -0.383. The summed E-state index contributed by atoms with van der Waals surface area (Å²) < 4.78 is 0. The molecule has 1 heterocycles. The number of nitrogens with zero attached hydrogens (tertiary/aromatic N) is 2. The summed E-state index contributed by atoms with van der Waals surface area (Å²) in [5.41, 5.74) is -0.0571. The van der Waals surface area contributed by atoms with Crippen molar-refractivity contribution in [2.24, 2.45) is 0 Å². The summed E-state index contributed by atoms with van der Waals surface area (Å²) in [6, 6.07) is 1.31. The Hall–Kier alpha value is -1.47. The largest absolute Gasteiger partial charge is 0.393 e. The first-order chi connectivity index (χ1) is 8.32. The third-order valence-electron chi connectivity index (χ3n) is 2.47. The van der Waals surface area contributed by atoms with E-state index >= 15 is 0 Å². The van der Waals surface area contributed by atoms with Crippen LogP contribution in [0.1, 0.15) is 29.9 Å². The van der Waals surface area contributed by atoms with Gasteiger partial charge in [-0.2, -0.15) is 0 Å². The van der Waals surface area contributed by atoms with Crippen LogP contribution in [0.5, 0.6) is 0 Å². The van der Waals surface area contributed by atoms with Gasteiger partial charge in [0.15, 0.2) is 10.8 Å². The highest BCUT2D eigenvalue weighted by molar-refractivity contribution is 7.18. The molecule has 18 heavy (non-hydrogen) atoms. The lowest BCUT2D eigenvalue weighted by Gasteiger charge is -2.17. The van der Waals surface area contributed by atoms with Crippen molar-refractivity contribution in [3.05, 3.63) is 21.1 Å². The fourth-order valence-electron chi connectivity index (χ4n) is 1.43. The van der Waals surface area contributed by atoms with E-state index in [0.717, 1.165) is 11.3 Å². The Labute approximate surface area is 109 Å². The van der Waals surface area contributed by atoms with E-state index in [9.17, 15) is 20.0 Å². The Morgan fingerprint density at radius 3 is 2.72 bits per heavy atom. The Morgan fingerprint density at radius 2 is 2.28 bits per heavy atom. The first kappa shape index (κ1) is 14.6. The molecule has 0 bridgehead atoms. The molecule has 0 aliphatic carbocycles. The number of aliphatic hydroxyl groups excluding tert-OH is 1. The van der Waals surface area contributed by atoms with Crippen LogP contribution >= 0.6 is 11.3 Å². The number of hydrogen-bond donors (Lipinski definition) is 1. The van der Waals surface area contributed by atoms with Crippen molar-refractivity contribution in [1.29, 1.82) is 0 Å². The van der Waals surface area contributed by atoms with Crippen molar-refractivity contribution in [3.8, 4) is 0 Å². The average Bonchev–Trinajstić information content (AvgIpc) is 2.70. The van der Waals surface area contributed by atoms with E-state index < -0.39 is 11.0 Å². The molecule has 1 aromatic heterocycles. The van der Waals surface area contributed by atoms with Crippen LogP contribution in [0.15, 0.2) is 6.07 Å². The van der Waals surface area contributed by atoms with E-state index in [1.807, 2.05) is 0 Å². The Morgan fingerprint density at radius 1 is 1.67 bits per heavy atom. The second-order valence-electron chi connectivity index (χ2n) is 4.17. The number of ketones is 1. The molecule has 0 fully saturated rings. The molecule has 1 unspecified atom stereocenters. The van der Waals surface area contributed by atoms with Gasteiger partial charge in [0.1, 0.15) is 0 Å². The van der Waals surface area contributed by atoms with Gasteiger partial charge in [-0.1, -0.05) is 0 Å². The summed E-state index contributed by atoms with van der Waals surface area (Å²) in [7, 11) is 1.71. The van der Waals surface area contributed by atoms with Gasteiger partial charge in [0.2, 0.25) is 0 Å². The van der Waals surface area contributed by atoms with Crippen LogP contribution in [0.25, 0.3) is 0 Å². The summed E-state index contributed by atoms with van der Waals surface area (Å²) in [5, 5.41) is 20.6. The number of nitro groups is 1. The van der Waals surface area contributed by atoms with Crippen LogP contribution in [0.4, 0.5) is 10.7 Å². The summed E-state index contributed by atoms with van der Waals surface area (Å²) in [5.74, 6) is -0.182. The summed E-state index contributed by atoms with van der Waals surface area (Å²) in [6.45, 7) is 3.54. The maximum absolute atomic E-state index is 11.3. The van der Waals surface area contributed by atoms with Crippen LogP contribution in [-0.2, 0) is 0 Å². The van der Waals surface area contributed by atoms with Gasteiger partial charge in [-0.25, -0.2) is 0 Å². The summed E-state index contributed by atoms with van der Waals surface area (Å²) >= 11 is 1.11. The third-order valence-corrected chi connectivity index (χ3v) is 3.81. The lowest BCUT2D eigenvalue weighted by Crippen LogP contribution is -2.21. The van der Waals surface area contributed by atoms with Gasteiger partial charge in [0.05, 0.1) is 15.9 Å². The van der Waals surface area contributed by atoms with Gasteiger partial charge >= 0.3 is 5.69 Å².